The summed E-state index contributed by atoms with van der Waals surface area (Å²) >= 11 is 0. The number of benzene rings is 12. The maximum Gasteiger partial charge on any atom is 0.135 e. The van der Waals surface area contributed by atoms with E-state index in [4.69, 9.17) is 4.42 Å². The van der Waals surface area contributed by atoms with Crippen LogP contribution in [0, 0.1) is 41.5 Å². The van der Waals surface area contributed by atoms with Crippen molar-refractivity contribution < 1.29 is 4.42 Å². The second-order valence-electron chi connectivity index (χ2n) is 22.0. The highest BCUT2D eigenvalue weighted by Crippen LogP contribution is 2.44. The van der Waals surface area contributed by atoms with Crippen LogP contribution in [0.2, 0.25) is 0 Å². The highest BCUT2D eigenvalue weighted by atomic mass is 16.3. The zero-order valence-electron chi connectivity index (χ0n) is 47.8. The summed E-state index contributed by atoms with van der Waals surface area (Å²) in [5.74, 6) is 0. The van der Waals surface area contributed by atoms with Crippen LogP contribution in [0.4, 0.5) is 68.2 Å². The van der Waals surface area contributed by atoms with Crippen molar-refractivity contribution in [3.8, 4) is 22.3 Å². The monoisotopic (exact) mass is 1070 g/mol. The van der Waals surface area contributed by atoms with Gasteiger partial charge in [0.2, 0.25) is 0 Å². The maximum atomic E-state index is 6.56. The van der Waals surface area contributed by atoms with Gasteiger partial charge in [-0.3, -0.25) is 0 Å². The van der Waals surface area contributed by atoms with Crippen molar-refractivity contribution in [3.63, 3.8) is 0 Å². The SMILES string of the molecule is Cc1ccc(N(c2ccc(-c3ccc(N(c4ccc(-c5ccc(N(c6cccc(C)c6)c6ccc7oc8ccc(N(c9cccc(C)c9)c9cccc(C)c9)cc8c7c6)cc5)cc4)c4cccc(C)c4)cc3)cc2)c2cccc(C)c2)cc1. The quantitative estimate of drug-likeness (QED) is 0.108. The molecule has 0 N–H and O–H groups in total. The van der Waals surface area contributed by atoms with Gasteiger partial charge in [0.1, 0.15) is 11.2 Å². The van der Waals surface area contributed by atoms with Crippen LogP contribution in [0.3, 0.4) is 0 Å². The molecule has 1 aromatic heterocycles. The smallest absolute Gasteiger partial charge is 0.135 e. The van der Waals surface area contributed by atoms with Crippen molar-refractivity contribution >= 4 is 90.2 Å². The van der Waals surface area contributed by atoms with Gasteiger partial charge in [-0.2, -0.15) is 0 Å². The minimum absolute atomic E-state index is 0.849. The standard InChI is InChI=1S/C78H64N4O/c1-53-22-32-63(33-23-53)79(68-17-7-12-54(2)46-68)64-34-24-59(25-35-64)60-26-36-65(37-27-60)80(69-18-8-13-55(3)47-69)66-38-28-61(29-39-66)62-30-40-67(41-31-62)81(70-19-9-14-56(4)48-70)73-42-44-77-75(51-73)76-52-74(43-45-78(76)83-77)82(71-20-10-15-57(5)49-71)72-21-11-16-58(6)50-72/h7-52H,1-6H3. The normalized spacial score (nSPS) is 11.3. The zero-order valence-corrected chi connectivity index (χ0v) is 47.8. The fourth-order valence-corrected chi connectivity index (χ4v) is 11.6. The van der Waals surface area contributed by atoms with Gasteiger partial charge in [-0.15, -0.1) is 0 Å². The molecule has 1 heterocycles. The highest BCUT2D eigenvalue weighted by Gasteiger charge is 2.21. The summed E-state index contributed by atoms with van der Waals surface area (Å²) in [6, 6.07) is 101. The molecule has 12 aromatic carbocycles. The van der Waals surface area contributed by atoms with E-state index in [2.05, 4.69) is 340 Å². The number of anilines is 12. The molecule has 0 saturated heterocycles. The fraction of sp³-hybridized carbons (Fsp3) is 0.0769. The van der Waals surface area contributed by atoms with Gasteiger partial charge in [-0.25, -0.2) is 0 Å². The third kappa shape index (κ3) is 10.8. The van der Waals surface area contributed by atoms with Gasteiger partial charge in [0.05, 0.1) is 0 Å². The van der Waals surface area contributed by atoms with Crippen LogP contribution in [-0.4, -0.2) is 0 Å². The van der Waals surface area contributed by atoms with E-state index in [-0.39, 0.29) is 0 Å². The van der Waals surface area contributed by atoms with E-state index in [1.807, 2.05) is 0 Å². The van der Waals surface area contributed by atoms with Crippen LogP contribution in [0.25, 0.3) is 44.2 Å². The van der Waals surface area contributed by atoms with Crippen molar-refractivity contribution in [1.29, 1.82) is 0 Å². The first-order chi connectivity index (χ1) is 40.5. The third-order valence-corrected chi connectivity index (χ3v) is 15.7. The molecule has 13 rings (SSSR count). The van der Waals surface area contributed by atoms with Gasteiger partial charge in [-0.1, -0.05) is 127 Å². The Labute approximate surface area is 487 Å². The van der Waals surface area contributed by atoms with Gasteiger partial charge in [-0.05, 0) is 249 Å². The van der Waals surface area contributed by atoms with E-state index in [0.29, 0.717) is 0 Å². The molecule has 5 heteroatoms. The molecule has 0 amide bonds. The second kappa shape index (κ2) is 22.3. The Hall–Kier alpha value is -10.4. The molecule has 83 heavy (non-hydrogen) atoms. The number of fused-ring (bicyclic) bond motifs is 3. The Morgan fingerprint density at radius 2 is 0.410 bits per heavy atom. The average molecular weight is 1070 g/mol. The molecule has 0 unspecified atom stereocenters. The molecule has 0 radical (unpaired) electrons. The van der Waals surface area contributed by atoms with E-state index < -0.39 is 0 Å². The predicted octanol–water partition coefficient (Wildman–Crippen LogP) is 22.6. The molecule has 0 saturated carbocycles. The maximum absolute atomic E-state index is 6.56. The fourth-order valence-electron chi connectivity index (χ4n) is 11.6. The van der Waals surface area contributed by atoms with Gasteiger partial charge in [0.25, 0.3) is 0 Å². The number of nitrogens with zero attached hydrogens (tertiary/aromatic N) is 4. The van der Waals surface area contributed by atoms with Crippen molar-refractivity contribution in [1.82, 2.24) is 0 Å². The lowest BCUT2D eigenvalue weighted by molar-refractivity contribution is 0.669. The molecule has 0 atom stereocenters. The minimum Gasteiger partial charge on any atom is -0.456 e. The summed E-state index contributed by atoms with van der Waals surface area (Å²) < 4.78 is 6.56. The van der Waals surface area contributed by atoms with E-state index >= 15 is 0 Å². The number of furan rings is 1. The second-order valence-corrected chi connectivity index (χ2v) is 22.0. The summed E-state index contributed by atoms with van der Waals surface area (Å²) in [7, 11) is 0. The minimum atomic E-state index is 0.849. The van der Waals surface area contributed by atoms with Crippen molar-refractivity contribution in [2.45, 2.75) is 41.5 Å². The van der Waals surface area contributed by atoms with Crippen LogP contribution in [0.5, 0.6) is 0 Å². The van der Waals surface area contributed by atoms with Crippen LogP contribution in [0.15, 0.2) is 283 Å². The van der Waals surface area contributed by atoms with Gasteiger partial charge < -0.3 is 24.0 Å². The Morgan fingerprint density at radius 1 is 0.193 bits per heavy atom. The van der Waals surface area contributed by atoms with Crippen molar-refractivity contribution in [2.24, 2.45) is 0 Å². The Bertz CT molecular complexity index is 4400. The van der Waals surface area contributed by atoms with E-state index in [1.54, 1.807) is 0 Å². The van der Waals surface area contributed by atoms with Crippen LogP contribution < -0.4 is 19.6 Å². The average Bonchev–Trinajstić information content (AvgIpc) is 3.95. The van der Waals surface area contributed by atoms with Gasteiger partial charge in [0, 0.05) is 79.0 Å². The largest absolute Gasteiger partial charge is 0.456 e. The lowest BCUT2D eigenvalue weighted by Gasteiger charge is -2.27. The summed E-state index contributed by atoms with van der Waals surface area (Å²) in [5, 5.41) is 2.12. The summed E-state index contributed by atoms with van der Waals surface area (Å²) in [6.45, 7) is 12.9. The molecule has 0 spiro atoms. The Morgan fingerprint density at radius 3 is 0.675 bits per heavy atom. The first kappa shape index (κ1) is 52.0. The van der Waals surface area contributed by atoms with E-state index in [1.165, 1.54) is 33.4 Å². The molecule has 0 aliphatic carbocycles. The number of hydrogen-bond acceptors (Lipinski definition) is 5. The van der Waals surface area contributed by atoms with Crippen molar-refractivity contribution in [3.05, 3.63) is 312 Å². The first-order valence-electron chi connectivity index (χ1n) is 28.5. The molecule has 13 aromatic rings. The molecular formula is C78H64N4O. The molecule has 0 aliphatic heterocycles. The summed E-state index contributed by atoms with van der Waals surface area (Å²) in [4.78, 5) is 9.36. The van der Waals surface area contributed by atoms with Crippen LogP contribution >= 0.6 is 0 Å². The predicted molar refractivity (Wildman–Crippen MR) is 352 cm³/mol. The number of hydrogen-bond donors (Lipinski definition) is 0. The summed E-state index contributed by atoms with van der Waals surface area (Å²) in [5.41, 5.74) is 26.7. The Kier molecular flexibility index (Phi) is 14.0. The Balaban J connectivity index is 0.793. The lowest BCUT2D eigenvalue weighted by Crippen LogP contribution is -2.10. The number of aryl methyl sites for hydroxylation is 6. The van der Waals surface area contributed by atoms with Crippen LogP contribution in [-0.2, 0) is 0 Å². The molecular weight excluding hydrogens is 1010 g/mol. The van der Waals surface area contributed by atoms with E-state index in [9.17, 15) is 0 Å². The molecule has 0 fully saturated rings. The van der Waals surface area contributed by atoms with Gasteiger partial charge in [0.15, 0.2) is 0 Å². The zero-order chi connectivity index (χ0) is 56.6. The van der Waals surface area contributed by atoms with E-state index in [0.717, 1.165) is 112 Å². The third-order valence-electron chi connectivity index (χ3n) is 15.7. The molecule has 5 nitrogen and oxygen atoms in total. The van der Waals surface area contributed by atoms with Crippen molar-refractivity contribution in [2.75, 3.05) is 19.6 Å². The highest BCUT2D eigenvalue weighted by molar-refractivity contribution is 6.08. The lowest BCUT2D eigenvalue weighted by atomic mass is 10.0. The molecule has 0 aliphatic rings. The van der Waals surface area contributed by atoms with Crippen LogP contribution in [0.1, 0.15) is 33.4 Å². The topological polar surface area (TPSA) is 26.1 Å². The number of rotatable bonds is 14. The first-order valence-corrected chi connectivity index (χ1v) is 28.5. The van der Waals surface area contributed by atoms with Gasteiger partial charge >= 0.3 is 0 Å². The molecule has 402 valence electrons. The molecule has 0 bridgehead atoms. The summed E-state index contributed by atoms with van der Waals surface area (Å²) in [6.07, 6.45) is 0.